The molecule has 0 aliphatic carbocycles. The molecule has 0 spiro atoms. The van der Waals surface area contributed by atoms with Crippen molar-refractivity contribution < 1.29 is 19.4 Å². The largest absolute Gasteiger partial charge is 0.481 e. The molecule has 1 saturated heterocycles. The first-order valence-electron chi connectivity index (χ1n) is 7.46. The van der Waals surface area contributed by atoms with Gasteiger partial charge in [0.05, 0.1) is 24.2 Å². The Hall–Kier alpha value is -2.26. The number of aliphatic carboxylic acids is 1. The van der Waals surface area contributed by atoms with E-state index in [4.69, 9.17) is 9.84 Å². The second kappa shape index (κ2) is 6.70. The Kier molecular flexibility index (Phi) is 4.63. The minimum Gasteiger partial charge on any atom is -0.481 e. The number of carbonyl (C=O) groups excluding carboxylic acids is 1. The van der Waals surface area contributed by atoms with Crippen LogP contribution in [0.3, 0.4) is 0 Å². The van der Waals surface area contributed by atoms with Gasteiger partial charge >= 0.3 is 5.97 Å². The number of methoxy groups -OCH3 is 1. The highest BCUT2D eigenvalue weighted by atomic mass is 32.1. The molecule has 2 unspecified atom stereocenters. The lowest BCUT2D eigenvalue weighted by molar-refractivity contribution is -0.140. The van der Waals surface area contributed by atoms with Crippen molar-refractivity contribution in [1.82, 2.24) is 14.5 Å². The number of rotatable bonds is 5. The third-order valence-corrected chi connectivity index (χ3v) is 5.02. The first kappa shape index (κ1) is 16.6. The zero-order valence-electron chi connectivity index (χ0n) is 13.0. The topological polar surface area (TPSA) is 102 Å². The summed E-state index contributed by atoms with van der Waals surface area (Å²) in [6, 6.07) is 1.26. The highest BCUT2D eigenvalue weighted by Crippen LogP contribution is 2.23. The summed E-state index contributed by atoms with van der Waals surface area (Å²) >= 11 is 1.36. The van der Waals surface area contributed by atoms with Crippen LogP contribution in [0.4, 0.5) is 0 Å². The molecule has 1 fully saturated rings. The maximum atomic E-state index is 12.6. The molecule has 0 saturated carbocycles. The van der Waals surface area contributed by atoms with Crippen molar-refractivity contribution in [3.05, 3.63) is 28.1 Å². The predicted molar refractivity (Wildman–Crippen MR) is 87.0 cm³/mol. The first-order valence-corrected chi connectivity index (χ1v) is 8.34. The van der Waals surface area contributed by atoms with Crippen LogP contribution < -0.4 is 5.56 Å². The van der Waals surface area contributed by atoms with Crippen molar-refractivity contribution in [2.75, 3.05) is 13.7 Å². The second-order valence-corrected chi connectivity index (χ2v) is 6.60. The van der Waals surface area contributed by atoms with Crippen LogP contribution in [-0.4, -0.2) is 57.2 Å². The van der Waals surface area contributed by atoms with E-state index in [1.165, 1.54) is 34.2 Å². The van der Waals surface area contributed by atoms with E-state index in [1.54, 1.807) is 11.4 Å². The number of nitrogens with zero attached hydrogens (tertiary/aromatic N) is 3. The Morgan fingerprint density at radius 3 is 3.00 bits per heavy atom. The fourth-order valence-corrected chi connectivity index (χ4v) is 3.71. The SMILES string of the molecule is COC1CC(CC(=O)O)N(C(=O)Cn2cnc3sccc3c2=O)C1. The van der Waals surface area contributed by atoms with Crippen LogP contribution >= 0.6 is 11.3 Å². The molecule has 1 amide bonds. The maximum Gasteiger partial charge on any atom is 0.305 e. The van der Waals surface area contributed by atoms with Gasteiger partial charge in [-0.2, -0.15) is 0 Å². The Bertz CT molecular complexity index is 830. The van der Waals surface area contributed by atoms with Gasteiger partial charge in [-0.25, -0.2) is 4.98 Å². The number of fused-ring (bicyclic) bond motifs is 1. The van der Waals surface area contributed by atoms with Crippen molar-refractivity contribution in [3.8, 4) is 0 Å². The van der Waals surface area contributed by atoms with E-state index in [0.29, 0.717) is 23.2 Å². The van der Waals surface area contributed by atoms with Crippen molar-refractivity contribution in [1.29, 1.82) is 0 Å². The molecule has 3 heterocycles. The van der Waals surface area contributed by atoms with Gasteiger partial charge in [-0.05, 0) is 17.9 Å². The van der Waals surface area contributed by atoms with Gasteiger partial charge in [-0.3, -0.25) is 19.0 Å². The smallest absolute Gasteiger partial charge is 0.305 e. The minimum atomic E-state index is -0.965. The summed E-state index contributed by atoms with van der Waals surface area (Å²) in [4.78, 5) is 42.2. The first-order chi connectivity index (χ1) is 11.5. The van der Waals surface area contributed by atoms with Crippen molar-refractivity contribution in [2.45, 2.75) is 31.5 Å². The van der Waals surface area contributed by atoms with Gasteiger partial charge in [0.2, 0.25) is 5.91 Å². The Morgan fingerprint density at radius 2 is 2.29 bits per heavy atom. The molecule has 2 aromatic rings. The molecule has 8 nitrogen and oxygen atoms in total. The van der Waals surface area contributed by atoms with Crippen LogP contribution in [-0.2, 0) is 20.9 Å². The van der Waals surface area contributed by atoms with E-state index < -0.39 is 12.0 Å². The van der Waals surface area contributed by atoms with Crippen LogP contribution in [0.2, 0.25) is 0 Å². The number of likely N-dealkylation sites (tertiary alicyclic amines) is 1. The fraction of sp³-hybridized carbons (Fsp3) is 0.467. The average Bonchev–Trinajstić information content (AvgIpc) is 3.16. The monoisotopic (exact) mass is 351 g/mol. The Morgan fingerprint density at radius 1 is 1.50 bits per heavy atom. The number of ether oxygens (including phenoxy) is 1. The lowest BCUT2D eigenvalue weighted by Crippen LogP contribution is -2.40. The molecule has 0 aromatic carbocycles. The number of carboxylic acids is 1. The molecule has 24 heavy (non-hydrogen) atoms. The molecule has 128 valence electrons. The molecule has 1 aliphatic heterocycles. The third kappa shape index (κ3) is 3.17. The summed E-state index contributed by atoms with van der Waals surface area (Å²) in [5.41, 5.74) is -0.271. The molecular weight excluding hydrogens is 334 g/mol. The molecule has 3 rings (SSSR count). The molecule has 0 bridgehead atoms. The second-order valence-electron chi connectivity index (χ2n) is 5.71. The summed E-state index contributed by atoms with van der Waals surface area (Å²) in [6.45, 7) is 0.167. The highest BCUT2D eigenvalue weighted by molar-refractivity contribution is 7.16. The van der Waals surface area contributed by atoms with Crippen LogP contribution in [0.25, 0.3) is 10.2 Å². The van der Waals surface area contributed by atoms with Gasteiger partial charge in [0, 0.05) is 19.7 Å². The zero-order chi connectivity index (χ0) is 17.3. The zero-order valence-corrected chi connectivity index (χ0v) is 13.9. The normalized spacial score (nSPS) is 20.6. The molecular formula is C15H17N3O5S. The lowest BCUT2D eigenvalue weighted by Gasteiger charge is -2.23. The van der Waals surface area contributed by atoms with E-state index >= 15 is 0 Å². The molecule has 1 N–H and O–H groups in total. The number of carboxylic acid groups (broad SMARTS) is 1. The predicted octanol–water partition coefficient (Wildman–Crippen LogP) is 0.549. The summed E-state index contributed by atoms with van der Waals surface area (Å²) in [5, 5.41) is 11.3. The van der Waals surface area contributed by atoms with Crippen molar-refractivity contribution >= 4 is 33.4 Å². The Labute approximate surface area is 141 Å². The number of hydrogen-bond acceptors (Lipinski definition) is 6. The van der Waals surface area contributed by atoms with Crippen LogP contribution in [0, 0.1) is 0 Å². The summed E-state index contributed by atoms with van der Waals surface area (Å²) in [5.74, 6) is -1.27. The standard InChI is InChI=1S/C15H17N3O5S/c1-23-10-4-9(5-13(20)21)18(6-10)12(19)7-17-8-16-14-11(15(17)22)2-3-24-14/h2-3,8-10H,4-7H2,1H3,(H,20,21). The average molecular weight is 351 g/mol. The number of hydrogen-bond donors (Lipinski definition) is 1. The van der Waals surface area contributed by atoms with E-state index in [1.807, 2.05) is 0 Å². The molecule has 1 aliphatic rings. The van der Waals surface area contributed by atoms with E-state index in [0.717, 1.165) is 0 Å². The van der Waals surface area contributed by atoms with Gasteiger partial charge in [-0.15, -0.1) is 11.3 Å². The van der Waals surface area contributed by atoms with Gasteiger partial charge in [0.1, 0.15) is 11.4 Å². The van der Waals surface area contributed by atoms with Crippen LogP contribution in [0.5, 0.6) is 0 Å². The Balaban J connectivity index is 1.80. The number of thiophene rings is 1. The fourth-order valence-electron chi connectivity index (χ4n) is 2.99. The van der Waals surface area contributed by atoms with Gasteiger partial charge < -0.3 is 14.7 Å². The van der Waals surface area contributed by atoms with Crippen molar-refractivity contribution in [3.63, 3.8) is 0 Å². The number of aromatic nitrogens is 2. The van der Waals surface area contributed by atoms with Crippen LogP contribution in [0.1, 0.15) is 12.8 Å². The molecule has 9 heteroatoms. The number of amides is 1. The quantitative estimate of drug-likeness (QED) is 0.844. The maximum absolute atomic E-state index is 12.6. The molecule has 2 atom stereocenters. The van der Waals surface area contributed by atoms with Gasteiger partial charge in [0.25, 0.3) is 5.56 Å². The summed E-state index contributed by atoms with van der Waals surface area (Å²) in [7, 11) is 1.54. The van der Waals surface area contributed by atoms with E-state index in [-0.39, 0.29) is 30.5 Å². The van der Waals surface area contributed by atoms with Crippen LogP contribution in [0.15, 0.2) is 22.6 Å². The minimum absolute atomic E-state index is 0.137. The molecule has 0 radical (unpaired) electrons. The number of carbonyl (C=O) groups is 2. The van der Waals surface area contributed by atoms with Crippen molar-refractivity contribution in [2.24, 2.45) is 0 Å². The third-order valence-electron chi connectivity index (χ3n) is 4.20. The lowest BCUT2D eigenvalue weighted by atomic mass is 10.1. The van der Waals surface area contributed by atoms with Gasteiger partial charge in [0.15, 0.2) is 0 Å². The summed E-state index contributed by atoms with van der Waals surface area (Å²) in [6.07, 6.45) is 1.51. The van der Waals surface area contributed by atoms with E-state index in [2.05, 4.69) is 4.98 Å². The van der Waals surface area contributed by atoms with E-state index in [9.17, 15) is 14.4 Å². The van der Waals surface area contributed by atoms with Gasteiger partial charge in [-0.1, -0.05) is 0 Å². The molecule has 2 aromatic heterocycles. The highest BCUT2D eigenvalue weighted by Gasteiger charge is 2.36. The summed E-state index contributed by atoms with van der Waals surface area (Å²) < 4.78 is 6.52.